The molecule has 1 atom stereocenters. The van der Waals surface area contributed by atoms with Crippen LogP contribution in [-0.2, 0) is 14.3 Å². The van der Waals surface area contributed by atoms with Crippen LogP contribution in [-0.4, -0.2) is 55.7 Å². The van der Waals surface area contributed by atoms with E-state index < -0.39 is 6.04 Å². The Bertz CT molecular complexity index is 635. The van der Waals surface area contributed by atoms with E-state index in [-0.39, 0.29) is 18.4 Å². The molecule has 0 saturated carbocycles. The predicted octanol–water partition coefficient (Wildman–Crippen LogP) is 0.826. The van der Waals surface area contributed by atoms with Gasteiger partial charge >= 0.3 is 0 Å². The third kappa shape index (κ3) is 3.53. The van der Waals surface area contributed by atoms with E-state index in [1.165, 1.54) is 0 Å². The Labute approximate surface area is 135 Å². The number of ether oxygens (including phenoxy) is 2. The normalized spacial score (nSPS) is 18.3. The lowest BCUT2D eigenvalue weighted by atomic mass is 10.1. The van der Waals surface area contributed by atoms with Crippen LogP contribution >= 0.6 is 0 Å². The molecule has 0 radical (unpaired) electrons. The zero-order valence-corrected chi connectivity index (χ0v) is 13.1. The van der Waals surface area contributed by atoms with Crippen molar-refractivity contribution in [1.29, 1.82) is 0 Å². The number of amides is 2. The molecule has 6 heteroatoms. The van der Waals surface area contributed by atoms with Crippen LogP contribution in [0.4, 0.5) is 0 Å². The highest BCUT2D eigenvalue weighted by Crippen LogP contribution is 2.25. The molecular weight excluding hydrogens is 296 g/mol. The third-order valence-corrected chi connectivity index (χ3v) is 3.96. The third-order valence-electron chi connectivity index (χ3n) is 3.96. The molecule has 0 bridgehead atoms. The molecule has 1 aromatic rings. The van der Waals surface area contributed by atoms with Crippen molar-refractivity contribution in [3.8, 4) is 5.75 Å². The van der Waals surface area contributed by atoms with E-state index in [1.54, 1.807) is 17.9 Å². The monoisotopic (exact) mass is 316 g/mol. The van der Waals surface area contributed by atoms with Crippen LogP contribution in [0.2, 0.25) is 0 Å². The zero-order chi connectivity index (χ0) is 16.2. The lowest BCUT2D eigenvalue weighted by Crippen LogP contribution is -2.51. The lowest BCUT2D eigenvalue weighted by Gasteiger charge is -2.29. The number of hydrogen-bond donors (Lipinski definition) is 1. The van der Waals surface area contributed by atoms with Crippen molar-refractivity contribution in [1.82, 2.24) is 10.2 Å². The molecule has 1 N–H and O–H groups in total. The highest BCUT2D eigenvalue weighted by atomic mass is 16.5. The van der Waals surface area contributed by atoms with E-state index in [0.29, 0.717) is 31.9 Å². The Morgan fingerprint density at radius 1 is 1.22 bits per heavy atom. The van der Waals surface area contributed by atoms with Gasteiger partial charge in [-0.15, -0.1) is 0 Å². The summed E-state index contributed by atoms with van der Waals surface area (Å²) in [6.07, 6.45) is 1.81. The van der Waals surface area contributed by atoms with E-state index in [9.17, 15) is 9.59 Å². The SMILES string of the molecule is C[C@H](NC(=O)C1=Cc2ccccc2OC1)C(=O)N1CCOCC1. The molecule has 3 rings (SSSR count). The van der Waals surface area contributed by atoms with Crippen LogP contribution in [0.1, 0.15) is 12.5 Å². The topological polar surface area (TPSA) is 67.9 Å². The van der Waals surface area contributed by atoms with Crippen LogP contribution in [0.25, 0.3) is 6.08 Å². The van der Waals surface area contributed by atoms with Crippen molar-refractivity contribution in [3.63, 3.8) is 0 Å². The Kier molecular flexibility index (Phi) is 4.62. The number of benzene rings is 1. The fraction of sp³-hybridized carbons (Fsp3) is 0.412. The Balaban J connectivity index is 1.63. The molecule has 1 saturated heterocycles. The minimum atomic E-state index is -0.571. The molecule has 6 nitrogen and oxygen atoms in total. The maximum atomic E-state index is 12.4. The molecule has 2 aliphatic heterocycles. The van der Waals surface area contributed by atoms with Crippen LogP contribution in [0.5, 0.6) is 5.75 Å². The molecule has 0 unspecified atom stereocenters. The van der Waals surface area contributed by atoms with Crippen molar-refractivity contribution in [3.05, 3.63) is 35.4 Å². The van der Waals surface area contributed by atoms with Gasteiger partial charge < -0.3 is 19.7 Å². The summed E-state index contributed by atoms with van der Waals surface area (Å²) in [6.45, 7) is 4.13. The summed E-state index contributed by atoms with van der Waals surface area (Å²) in [5.74, 6) is 0.412. The van der Waals surface area contributed by atoms with Gasteiger partial charge in [0, 0.05) is 18.7 Å². The number of morpholine rings is 1. The highest BCUT2D eigenvalue weighted by Gasteiger charge is 2.25. The van der Waals surface area contributed by atoms with Gasteiger partial charge in [-0.3, -0.25) is 9.59 Å². The first kappa shape index (κ1) is 15.6. The summed E-state index contributed by atoms with van der Waals surface area (Å²) in [5.41, 5.74) is 1.39. The number of nitrogens with zero attached hydrogens (tertiary/aromatic N) is 1. The first-order chi connectivity index (χ1) is 11.1. The highest BCUT2D eigenvalue weighted by molar-refractivity contribution is 6.01. The standard InChI is InChI=1S/C17H20N2O4/c1-12(17(21)19-6-8-22-9-7-19)18-16(20)14-10-13-4-2-3-5-15(13)23-11-14/h2-5,10,12H,6-9,11H2,1H3,(H,18,20)/t12-/m0/s1. The molecule has 0 spiro atoms. The van der Waals surface area contributed by atoms with Crippen LogP contribution in [0, 0.1) is 0 Å². The van der Waals surface area contributed by atoms with Crippen molar-refractivity contribution in [2.24, 2.45) is 0 Å². The van der Waals surface area contributed by atoms with Crippen molar-refractivity contribution in [2.75, 3.05) is 32.9 Å². The van der Waals surface area contributed by atoms with Crippen LogP contribution in [0.3, 0.4) is 0 Å². The number of hydrogen-bond acceptors (Lipinski definition) is 4. The van der Waals surface area contributed by atoms with Crippen molar-refractivity contribution < 1.29 is 19.1 Å². The van der Waals surface area contributed by atoms with E-state index in [4.69, 9.17) is 9.47 Å². The molecule has 122 valence electrons. The summed E-state index contributed by atoms with van der Waals surface area (Å²) in [6, 6.07) is 6.97. The summed E-state index contributed by atoms with van der Waals surface area (Å²) in [4.78, 5) is 26.4. The van der Waals surface area contributed by atoms with E-state index in [0.717, 1.165) is 11.3 Å². The van der Waals surface area contributed by atoms with Gasteiger partial charge in [-0.2, -0.15) is 0 Å². The van der Waals surface area contributed by atoms with Gasteiger partial charge in [0.05, 0.1) is 18.8 Å². The smallest absolute Gasteiger partial charge is 0.251 e. The molecule has 23 heavy (non-hydrogen) atoms. The number of fused-ring (bicyclic) bond motifs is 1. The molecule has 1 aromatic carbocycles. The predicted molar refractivity (Wildman–Crippen MR) is 84.9 cm³/mol. The van der Waals surface area contributed by atoms with Crippen molar-refractivity contribution in [2.45, 2.75) is 13.0 Å². The lowest BCUT2D eigenvalue weighted by molar-refractivity contribution is -0.138. The van der Waals surface area contributed by atoms with E-state index in [2.05, 4.69) is 5.32 Å². The Morgan fingerprint density at radius 3 is 2.74 bits per heavy atom. The molecule has 0 aliphatic carbocycles. The summed E-state index contributed by atoms with van der Waals surface area (Å²) in [5, 5.41) is 2.76. The quantitative estimate of drug-likeness (QED) is 0.897. The van der Waals surface area contributed by atoms with Crippen LogP contribution in [0.15, 0.2) is 29.8 Å². The maximum Gasteiger partial charge on any atom is 0.251 e. The van der Waals surface area contributed by atoms with Gasteiger partial charge in [-0.05, 0) is 19.1 Å². The van der Waals surface area contributed by atoms with E-state index in [1.807, 2.05) is 24.3 Å². The second-order valence-corrected chi connectivity index (χ2v) is 5.63. The van der Waals surface area contributed by atoms with Crippen LogP contribution < -0.4 is 10.1 Å². The first-order valence-electron chi connectivity index (χ1n) is 7.75. The Morgan fingerprint density at radius 2 is 1.96 bits per heavy atom. The number of carbonyl (C=O) groups excluding carboxylic acids is 2. The van der Waals surface area contributed by atoms with Gasteiger partial charge in [0.25, 0.3) is 5.91 Å². The van der Waals surface area contributed by atoms with E-state index >= 15 is 0 Å². The van der Waals surface area contributed by atoms with Gasteiger partial charge in [0.1, 0.15) is 18.4 Å². The fourth-order valence-corrected chi connectivity index (χ4v) is 2.66. The molecule has 1 fully saturated rings. The average molecular weight is 316 g/mol. The second kappa shape index (κ2) is 6.83. The van der Waals surface area contributed by atoms with Gasteiger partial charge in [-0.25, -0.2) is 0 Å². The van der Waals surface area contributed by atoms with Gasteiger partial charge in [0.15, 0.2) is 0 Å². The van der Waals surface area contributed by atoms with Gasteiger partial charge in [0.2, 0.25) is 5.91 Å². The summed E-state index contributed by atoms with van der Waals surface area (Å²) >= 11 is 0. The Hall–Kier alpha value is -2.34. The number of para-hydroxylation sites is 1. The number of rotatable bonds is 3. The minimum Gasteiger partial charge on any atom is -0.488 e. The second-order valence-electron chi connectivity index (χ2n) is 5.63. The maximum absolute atomic E-state index is 12.4. The average Bonchev–Trinajstić information content (AvgIpc) is 2.61. The largest absolute Gasteiger partial charge is 0.488 e. The fourth-order valence-electron chi connectivity index (χ4n) is 2.66. The molecule has 2 heterocycles. The first-order valence-corrected chi connectivity index (χ1v) is 7.75. The number of carbonyl (C=O) groups is 2. The van der Waals surface area contributed by atoms with Gasteiger partial charge in [-0.1, -0.05) is 18.2 Å². The van der Waals surface area contributed by atoms with Crippen molar-refractivity contribution >= 4 is 17.9 Å². The minimum absolute atomic E-state index is 0.0839. The molecule has 2 aliphatic rings. The molecule has 0 aromatic heterocycles. The zero-order valence-electron chi connectivity index (χ0n) is 13.1. The number of nitrogens with one attached hydrogen (secondary N) is 1. The molecule has 2 amide bonds. The molecular formula is C17H20N2O4. The summed E-state index contributed by atoms with van der Waals surface area (Å²) < 4.78 is 10.8. The summed E-state index contributed by atoms with van der Waals surface area (Å²) in [7, 11) is 0.